The third-order valence-electron chi connectivity index (χ3n) is 2.46. The fraction of sp³-hybridized carbons (Fsp3) is 0.0833. The van der Waals surface area contributed by atoms with Gasteiger partial charge in [0.1, 0.15) is 5.69 Å². The van der Waals surface area contributed by atoms with E-state index < -0.39 is 17.5 Å². The van der Waals surface area contributed by atoms with Gasteiger partial charge in [0.05, 0.1) is 0 Å². The average Bonchev–Trinajstić information content (AvgIpc) is 2.40. The molecule has 2 rings (SSSR count). The van der Waals surface area contributed by atoms with Crippen molar-refractivity contribution in [2.45, 2.75) is 5.66 Å². The summed E-state index contributed by atoms with van der Waals surface area (Å²) in [7, 11) is 0. The number of hydrogen-bond donors (Lipinski definition) is 3. The van der Waals surface area contributed by atoms with E-state index in [4.69, 9.17) is 5.73 Å². The summed E-state index contributed by atoms with van der Waals surface area (Å²) < 4.78 is 0. The predicted octanol–water partition coefficient (Wildman–Crippen LogP) is -0.334. The number of pyridine rings is 1. The normalized spacial score (nSPS) is 21.1. The van der Waals surface area contributed by atoms with E-state index in [2.05, 4.69) is 15.6 Å². The summed E-state index contributed by atoms with van der Waals surface area (Å²) in [6.07, 6.45) is 7.82. The van der Waals surface area contributed by atoms with Gasteiger partial charge in [-0.25, -0.2) is 0 Å². The van der Waals surface area contributed by atoms with Crippen LogP contribution in [0.2, 0.25) is 0 Å². The van der Waals surface area contributed by atoms with Crippen molar-refractivity contribution in [2.24, 2.45) is 5.73 Å². The van der Waals surface area contributed by atoms with Crippen LogP contribution in [-0.2, 0) is 4.79 Å². The minimum Gasteiger partial charge on any atom is -0.366 e. The van der Waals surface area contributed by atoms with Crippen molar-refractivity contribution in [3.63, 3.8) is 0 Å². The van der Waals surface area contributed by atoms with E-state index in [9.17, 15) is 9.59 Å². The second-order valence-electron chi connectivity index (χ2n) is 3.70. The molecule has 1 aliphatic heterocycles. The molecule has 92 valence electrons. The Labute approximate surface area is 104 Å². The summed E-state index contributed by atoms with van der Waals surface area (Å²) in [5.74, 6) is -1.19. The molecule has 0 spiro atoms. The van der Waals surface area contributed by atoms with Gasteiger partial charge in [-0.3, -0.25) is 14.6 Å². The first kappa shape index (κ1) is 11.8. The first-order valence-corrected chi connectivity index (χ1v) is 5.29. The smallest absolute Gasteiger partial charge is 0.272 e. The van der Waals surface area contributed by atoms with Gasteiger partial charge in [0, 0.05) is 6.20 Å². The molecule has 1 aromatic heterocycles. The summed E-state index contributed by atoms with van der Waals surface area (Å²) in [5.41, 5.74) is 4.10. The van der Waals surface area contributed by atoms with E-state index >= 15 is 0 Å². The lowest BCUT2D eigenvalue weighted by atomic mass is 10.1. The Morgan fingerprint density at radius 1 is 1.33 bits per heavy atom. The molecular formula is C12H12N4O2. The molecule has 0 bridgehead atoms. The molecule has 2 heterocycles. The van der Waals surface area contributed by atoms with Gasteiger partial charge in [0.2, 0.25) is 5.66 Å². The zero-order chi connectivity index (χ0) is 13.0. The number of nitrogens with two attached hydrogens (primary N) is 1. The van der Waals surface area contributed by atoms with Gasteiger partial charge < -0.3 is 16.4 Å². The minimum atomic E-state index is -1.41. The van der Waals surface area contributed by atoms with Crippen LogP contribution >= 0.6 is 0 Å². The molecule has 18 heavy (non-hydrogen) atoms. The number of rotatable bonds is 3. The van der Waals surface area contributed by atoms with Gasteiger partial charge in [0.25, 0.3) is 11.8 Å². The molecule has 0 fully saturated rings. The number of carbonyl (C=O) groups is 2. The fourth-order valence-electron chi connectivity index (χ4n) is 1.52. The lowest BCUT2D eigenvalue weighted by Gasteiger charge is -2.30. The van der Waals surface area contributed by atoms with Crippen LogP contribution in [0.25, 0.3) is 0 Å². The molecule has 0 aliphatic carbocycles. The van der Waals surface area contributed by atoms with E-state index in [1.54, 1.807) is 30.4 Å². The van der Waals surface area contributed by atoms with Crippen LogP contribution in [0.4, 0.5) is 0 Å². The van der Waals surface area contributed by atoms with Crippen LogP contribution in [-0.4, -0.2) is 22.5 Å². The van der Waals surface area contributed by atoms with Gasteiger partial charge in [-0.1, -0.05) is 12.1 Å². The van der Waals surface area contributed by atoms with Crippen LogP contribution in [0.5, 0.6) is 0 Å². The number of hydrogen-bond acceptors (Lipinski definition) is 4. The number of nitrogens with zero attached hydrogens (tertiary/aromatic N) is 1. The first-order valence-electron chi connectivity index (χ1n) is 5.29. The van der Waals surface area contributed by atoms with Crippen LogP contribution in [0, 0.1) is 0 Å². The Bertz CT molecular complexity index is 524. The van der Waals surface area contributed by atoms with Crippen LogP contribution in [0.3, 0.4) is 0 Å². The Balaban J connectivity index is 2.21. The molecule has 6 heteroatoms. The van der Waals surface area contributed by atoms with Gasteiger partial charge in [-0.15, -0.1) is 0 Å². The number of amides is 2. The molecule has 1 atom stereocenters. The topological polar surface area (TPSA) is 97.1 Å². The van der Waals surface area contributed by atoms with Crippen molar-refractivity contribution in [1.29, 1.82) is 0 Å². The fourth-order valence-corrected chi connectivity index (χ4v) is 1.52. The monoisotopic (exact) mass is 244 g/mol. The van der Waals surface area contributed by atoms with E-state index in [0.717, 1.165) is 0 Å². The molecular weight excluding hydrogens is 232 g/mol. The summed E-state index contributed by atoms with van der Waals surface area (Å²) in [6.45, 7) is 0. The maximum Gasteiger partial charge on any atom is 0.272 e. The Kier molecular flexibility index (Phi) is 3.09. The van der Waals surface area contributed by atoms with Gasteiger partial charge >= 0.3 is 0 Å². The number of primary amides is 1. The number of allylic oxidation sites excluding steroid dienone is 2. The highest BCUT2D eigenvalue weighted by atomic mass is 16.2. The molecule has 6 nitrogen and oxygen atoms in total. The summed E-state index contributed by atoms with van der Waals surface area (Å²) in [4.78, 5) is 27.3. The zero-order valence-corrected chi connectivity index (χ0v) is 9.46. The summed E-state index contributed by atoms with van der Waals surface area (Å²) >= 11 is 0. The standard InChI is InChI=1S/C12H12N4O2/c13-11(18)12(6-2-4-8-15-12)16-10(17)9-5-1-3-7-14-9/h1-8,15H,(H2,13,18)(H,16,17). The predicted molar refractivity (Wildman–Crippen MR) is 65.0 cm³/mol. The van der Waals surface area contributed by atoms with Crippen molar-refractivity contribution in [3.05, 3.63) is 54.5 Å². The van der Waals surface area contributed by atoms with Crippen molar-refractivity contribution in [3.8, 4) is 0 Å². The maximum atomic E-state index is 11.9. The quantitative estimate of drug-likeness (QED) is 0.678. The molecule has 4 N–H and O–H groups in total. The largest absolute Gasteiger partial charge is 0.366 e. The van der Waals surface area contributed by atoms with Gasteiger partial charge in [-0.2, -0.15) is 0 Å². The van der Waals surface area contributed by atoms with Crippen LogP contribution < -0.4 is 16.4 Å². The SMILES string of the molecule is NC(=O)C1(NC(=O)c2ccccn2)C=CC=CN1. The van der Waals surface area contributed by atoms with Gasteiger partial charge in [0.15, 0.2) is 0 Å². The molecule has 0 radical (unpaired) electrons. The zero-order valence-electron chi connectivity index (χ0n) is 9.46. The molecule has 1 aromatic rings. The third kappa shape index (κ3) is 2.22. The van der Waals surface area contributed by atoms with Crippen molar-refractivity contribution >= 4 is 11.8 Å². The molecule has 0 aromatic carbocycles. The van der Waals surface area contributed by atoms with Crippen molar-refractivity contribution < 1.29 is 9.59 Å². The average molecular weight is 244 g/mol. The highest BCUT2D eigenvalue weighted by Crippen LogP contribution is 2.08. The molecule has 0 saturated carbocycles. The maximum absolute atomic E-state index is 11.9. The van der Waals surface area contributed by atoms with E-state index in [-0.39, 0.29) is 5.69 Å². The molecule has 1 aliphatic rings. The Morgan fingerprint density at radius 3 is 2.72 bits per heavy atom. The third-order valence-corrected chi connectivity index (χ3v) is 2.46. The highest BCUT2D eigenvalue weighted by Gasteiger charge is 2.35. The van der Waals surface area contributed by atoms with Crippen molar-refractivity contribution in [1.82, 2.24) is 15.6 Å². The van der Waals surface area contributed by atoms with E-state index in [0.29, 0.717) is 0 Å². The summed E-state index contributed by atoms with van der Waals surface area (Å²) in [6, 6.07) is 4.93. The summed E-state index contributed by atoms with van der Waals surface area (Å²) in [5, 5.41) is 5.25. The molecule has 0 saturated heterocycles. The number of dihydropyridines is 1. The molecule has 1 unspecified atom stereocenters. The van der Waals surface area contributed by atoms with Gasteiger partial charge in [-0.05, 0) is 30.5 Å². The Hall–Kier alpha value is -2.63. The number of carbonyl (C=O) groups excluding carboxylic acids is 2. The van der Waals surface area contributed by atoms with Crippen molar-refractivity contribution in [2.75, 3.05) is 0 Å². The minimum absolute atomic E-state index is 0.211. The Morgan fingerprint density at radius 2 is 2.17 bits per heavy atom. The second kappa shape index (κ2) is 4.70. The van der Waals surface area contributed by atoms with E-state index in [1.807, 2.05) is 0 Å². The highest BCUT2D eigenvalue weighted by molar-refractivity contribution is 5.98. The number of aromatic nitrogens is 1. The second-order valence-corrected chi connectivity index (χ2v) is 3.70. The number of nitrogens with one attached hydrogen (secondary N) is 2. The van der Waals surface area contributed by atoms with Crippen LogP contribution in [0.15, 0.2) is 48.8 Å². The van der Waals surface area contributed by atoms with Crippen LogP contribution in [0.1, 0.15) is 10.5 Å². The molecule has 2 amide bonds. The first-order chi connectivity index (χ1) is 8.64. The lowest BCUT2D eigenvalue weighted by molar-refractivity contribution is -0.123. The van der Waals surface area contributed by atoms with E-state index in [1.165, 1.54) is 18.5 Å². The lowest BCUT2D eigenvalue weighted by Crippen LogP contribution is -2.64.